The summed E-state index contributed by atoms with van der Waals surface area (Å²) < 4.78 is 5.16. The smallest absolute Gasteiger partial charge is 0.292 e. The molecule has 5 nitrogen and oxygen atoms in total. The number of hydrogen-bond acceptors (Lipinski definition) is 4. The van der Waals surface area contributed by atoms with E-state index in [-0.39, 0.29) is 21.4 Å². The molecule has 1 saturated carbocycles. The first kappa shape index (κ1) is 23.7. The molecule has 5 heteroatoms. The topological polar surface area (TPSA) is 68.3 Å². The molecule has 2 aliphatic carbocycles. The van der Waals surface area contributed by atoms with Gasteiger partial charge in [0.2, 0.25) is 0 Å². The third-order valence-electron chi connectivity index (χ3n) is 8.90. The van der Waals surface area contributed by atoms with Gasteiger partial charge in [-0.2, -0.15) is 0 Å². The highest BCUT2D eigenvalue weighted by atomic mass is 16.6. The number of nitrogens with zero attached hydrogens (tertiary/aromatic N) is 1. The summed E-state index contributed by atoms with van der Waals surface area (Å²) in [5.74, 6) is 1.08. The second-order valence-corrected chi connectivity index (χ2v) is 11.4. The van der Waals surface area contributed by atoms with E-state index in [2.05, 4.69) is 51.2 Å². The van der Waals surface area contributed by atoms with Gasteiger partial charge in [-0.25, -0.2) is 0 Å². The van der Waals surface area contributed by atoms with Gasteiger partial charge in [0.15, 0.2) is 0 Å². The van der Waals surface area contributed by atoms with Gasteiger partial charge >= 0.3 is 0 Å². The standard InChI is InChI=1S/C30H36N2O3/c1-20(2)21-6-9-25-23(16-21)8-11-28-29(3,13-5-14-30(25,28)4)19-31-26-10-7-22(17-27(26)32(33)34)24-12-15-35-18-24/h6-7,9-10,12,15-18,20,28,31H,5,8,11,13-14,19H2,1-4H3/t28-,29+,30+/m0/s1. The largest absolute Gasteiger partial charge is 0.472 e. The van der Waals surface area contributed by atoms with E-state index in [1.54, 1.807) is 18.6 Å². The van der Waals surface area contributed by atoms with Crippen molar-refractivity contribution in [3.63, 3.8) is 0 Å². The fourth-order valence-electron chi connectivity index (χ4n) is 6.95. The van der Waals surface area contributed by atoms with Crippen LogP contribution in [0.5, 0.6) is 0 Å². The monoisotopic (exact) mass is 472 g/mol. The summed E-state index contributed by atoms with van der Waals surface area (Å²) in [6.07, 6.45) is 9.01. The highest BCUT2D eigenvalue weighted by molar-refractivity contribution is 5.73. The van der Waals surface area contributed by atoms with Crippen LogP contribution in [0.25, 0.3) is 11.1 Å². The summed E-state index contributed by atoms with van der Waals surface area (Å²) in [5.41, 5.74) is 7.03. The predicted octanol–water partition coefficient (Wildman–Crippen LogP) is 8.10. The van der Waals surface area contributed by atoms with Crippen molar-refractivity contribution in [2.24, 2.45) is 11.3 Å². The Morgan fingerprint density at radius 1 is 1.11 bits per heavy atom. The lowest BCUT2D eigenvalue weighted by molar-refractivity contribution is -0.383. The number of nitrogens with one attached hydrogen (secondary N) is 1. The van der Waals surface area contributed by atoms with Gasteiger partial charge in [0.05, 0.1) is 17.4 Å². The lowest BCUT2D eigenvalue weighted by Crippen LogP contribution is -2.51. The minimum atomic E-state index is -0.289. The van der Waals surface area contributed by atoms with Gasteiger partial charge in [-0.1, -0.05) is 58.4 Å². The number of anilines is 1. The Bertz CT molecular complexity index is 1230. The maximum absolute atomic E-state index is 11.9. The summed E-state index contributed by atoms with van der Waals surface area (Å²) in [6, 6.07) is 14.4. The average molecular weight is 473 g/mol. The normalized spacial score (nSPS) is 25.7. The summed E-state index contributed by atoms with van der Waals surface area (Å²) >= 11 is 0. The Morgan fingerprint density at radius 2 is 1.94 bits per heavy atom. The van der Waals surface area contributed by atoms with E-state index in [4.69, 9.17) is 4.42 Å². The van der Waals surface area contributed by atoms with Gasteiger partial charge in [-0.15, -0.1) is 0 Å². The molecule has 0 saturated heterocycles. The Balaban J connectivity index is 1.41. The van der Waals surface area contributed by atoms with Gasteiger partial charge in [0.25, 0.3) is 5.69 Å². The van der Waals surface area contributed by atoms with Crippen LogP contribution in [0.1, 0.15) is 76.0 Å². The van der Waals surface area contributed by atoms with Crippen LogP contribution in [-0.2, 0) is 11.8 Å². The van der Waals surface area contributed by atoms with Crippen molar-refractivity contribution in [1.29, 1.82) is 0 Å². The molecule has 1 N–H and O–H groups in total. The molecule has 3 atom stereocenters. The minimum absolute atomic E-state index is 0.0680. The Labute approximate surface area is 208 Å². The zero-order valence-corrected chi connectivity index (χ0v) is 21.3. The molecule has 5 rings (SSSR count). The van der Waals surface area contributed by atoms with Gasteiger partial charge in [0.1, 0.15) is 5.69 Å². The molecule has 0 unspecified atom stereocenters. The van der Waals surface area contributed by atoms with Crippen molar-refractivity contribution in [2.75, 3.05) is 11.9 Å². The molecule has 0 radical (unpaired) electrons. The van der Waals surface area contributed by atoms with Crippen LogP contribution in [0.3, 0.4) is 0 Å². The first-order chi connectivity index (χ1) is 16.7. The van der Waals surface area contributed by atoms with Crippen molar-refractivity contribution in [1.82, 2.24) is 0 Å². The minimum Gasteiger partial charge on any atom is -0.472 e. The predicted molar refractivity (Wildman–Crippen MR) is 141 cm³/mol. The molecular formula is C30H36N2O3. The number of nitro groups is 1. The van der Waals surface area contributed by atoms with Crippen LogP contribution in [0, 0.1) is 21.4 Å². The Kier molecular flexibility index (Phi) is 5.98. The Morgan fingerprint density at radius 3 is 2.66 bits per heavy atom. The van der Waals surface area contributed by atoms with E-state index in [9.17, 15) is 10.1 Å². The first-order valence-electron chi connectivity index (χ1n) is 12.9. The summed E-state index contributed by atoms with van der Waals surface area (Å²) in [7, 11) is 0. The number of nitro benzene ring substituents is 1. The second-order valence-electron chi connectivity index (χ2n) is 11.4. The maximum atomic E-state index is 11.9. The van der Waals surface area contributed by atoms with Crippen molar-refractivity contribution in [2.45, 2.75) is 71.1 Å². The van der Waals surface area contributed by atoms with E-state index >= 15 is 0 Å². The molecule has 1 heterocycles. The van der Waals surface area contributed by atoms with E-state index in [0.717, 1.165) is 30.5 Å². The van der Waals surface area contributed by atoms with E-state index < -0.39 is 0 Å². The quantitative estimate of drug-likeness (QED) is 0.291. The number of fused-ring (bicyclic) bond motifs is 3. The van der Waals surface area contributed by atoms with Crippen molar-refractivity contribution >= 4 is 11.4 Å². The zero-order valence-electron chi connectivity index (χ0n) is 21.3. The molecule has 3 aromatic rings. The molecule has 184 valence electrons. The van der Waals surface area contributed by atoms with Gasteiger partial charge in [-0.3, -0.25) is 10.1 Å². The Hall–Kier alpha value is -3.08. The van der Waals surface area contributed by atoms with Crippen LogP contribution in [-0.4, -0.2) is 11.5 Å². The average Bonchev–Trinajstić information content (AvgIpc) is 3.37. The van der Waals surface area contributed by atoms with Crippen LogP contribution < -0.4 is 5.32 Å². The van der Waals surface area contributed by atoms with E-state index in [1.807, 2.05) is 18.2 Å². The molecule has 0 bridgehead atoms. The highest BCUT2D eigenvalue weighted by Gasteiger charge is 2.51. The van der Waals surface area contributed by atoms with Crippen molar-refractivity contribution in [3.05, 3.63) is 81.8 Å². The lowest BCUT2D eigenvalue weighted by atomic mass is 9.49. The third-order valence-corrected chi connectivity index (χ3v) is 8.90. The van der Waals surface area contributed by atoms with Gasteiger partial charge in [0, 0.05) is 18.2 Å². The number of hydrogen-bond donors (Lipinski definition) is 1. The zero-order chi connectivity index (χ0) is 24.8. The van der Waals surface area contributed by atoms with E-state index in [0.29, 0.717) is 17.5 Å². The second kappa shape index (κ2) is 8.85. The number of furan rings is 1. The van der Waals surface area contributed by atoms with Crippen LogP contribution in [0.2, 0.25) is 0 Å². The molecule has 2 aromatic carbocycles. The van der Waals surface area contributed by atoms with Crippen molar-refractivity contribution < 1.29 is 9.34 Å². The maximum Gasteiger partial charge on any atom is 0.292 e. The molecule has 0 spiro atoms. The molecule has 1 fully saturated rings. The number of rotatable bonds is 6. The lowest BCUT2D eigenvalue weighted by Gasteiger charge is -2.55. The number of aryl methyl sites for hydroxylation is 1. The molecule has 0 amide bonds. The molecular weight excluding hydrogens is 436 g/mol. The van der Waals surface area contributed by atoms with Crippen LogP contribution >= 0.6 is 0 Å². The first-order valence-corrected chi connectivity index (χ1v) is 12.9. The summed E-state index contributed by atoms with van der Waals surface area (Å²) in [6.45, 7) is 10.1. The van der Waals surface area contributed by atoms with E-state index in [1.165, 1.54) is 36.0 Å². The highest BCUT2D eigenvalue weighted by Crippen LogP contribution is 2.57. The molecule has 0 aliphatic heterocycles. The molecule has 1 aromatic heterocycles. The SMILES string of the molecule is CC(C)c1ccc2c(c1)CC[C@H]1[C@@](C)(CNc3ccc(-c4ccoc4)cc3[N+](=O)[O-])CCC[C@]21C. The van der Waals surface area contributed by atoms with Gasteiger partial charge < -0.3 is 9.73 Å². The summed E-state index contributed by atoms with van der Waals surface area (Å²) in [5, 5.41) is 15.4. The fourth-order valence-corrected chi connectivity index (χ4v) is 6.95. The van der Waals surface area contributed by atoms with Crippen LogP contribution in [0.4, 0.5) is 11.4 Å². The summed E-state index contributed by atoms with van der Waals surface area (Å²) in [4.78, 5) is 11.6. The molecule has 35 heavy (non-hydrogen) atoms. The third kappa shape index (κ3) is 4.15. The number of benzene rings is 2. The van der Waals surface area contributed by atoms with Gasteiger partial charge in [-0.05, 0) is 82.7 Å². The van der Waals surface area contributed by atoms with Crippen molar-refractivity contribution in [3.8, 4) is 11.1 Å². The van der Waals surface area contributed by atoms with Crippen LogP contribution in [0.15, 0.2) is 59.4 Å². The fraction of sp³-hybridized carbons (Fsp3) is 0.467. The molecule has 2 aliphatic rings.